The fourth-order valence-corrected chi connectivity index (χ4v) is 2.67. The SMILES string of the molecule is COc1cc(OC2CC2)ccc1C(=O)ON1C(=O)c2ccccc2C1=O. The van der Waals surface area contributed by atoms with Crippen LogP contribution in [0.4, 0.5) is 0 Å². The molecule has 2 aromatic rings. The number of fused-ring (bicyclic) bond motifs is 1. The maximum atomic E-state index is 12.5. The lowest BCUT2D eigenvalue weighted by Crippen LogP contribution is -2.32. The van der Waals surface area contributed by atoms with Gasteiger partial charge in [-0.25, -0.2) is 4.79 Å². The van der Waals surface area contributed by atoms with Gasteiger partial charge in [0, 0.05) is 6.07 Å². The van der Waals surface area contributed by atoms with Crippen molar-refractivity contribution in [2.45, 2.75) is 18.9 Å². The fraction of sp³-hybridized carbons (Fsp3) is 0.211. The molecular weight excluding hydrogens is 338 g/mol. The third-order valence-electron chi connectivity index (χ3n) is 4.15. The number of benzene rings is 2. The number of amides is 2. The lowest BCUT2D eigenvalue weighted by Gasteiger charge is -2.15. The summed E-state index contributed by atoms with van der Waals surface area (Å²) in [6.07, 6.45) is 2.22. The molecule has 0 radical (unpaired) electrons. The van der Waals surface area contributed by atoms with E-state index >= 15 is 0 Å². The van der Waals surface area contributed by atoms with E-state index in [0.29, 0.717) is 10.8 Å². The second-order valence-corrected chi connectivity index (χ2v) is 6.01. The van der Waals surface area contributed by atoms with Crippen molar-refractivity contribution in [2.75, 3.05) is 7.11 Å². The maximum Gasteiger partial charge on any atom is 0.367 e. The molecule has 4 rings (SSSR count). The molecule has 0 N–H and O–H groups in total. The maximum absolute atomic E-state index is 12.5. The standard InChI is InChI=1S/C19H15NO6/c1-24-16-10-12(25-11-6-7-11)8-9-15(16)19(23)26-20-17(21)13-4-2-3-5-14(13)18(20)22/h2-5,8-11H,6-7H2,1H3. The molecule has 1 fully saturated rings. The van der Waals surface area contributed by atoms with Crippen LogP contribution in [0.2, 0.25) is 0 Å². The molecule has 7 heteroatoms. The number of imide groups is 1. The molecule has 1 aliphatic carbocycles. The van der Waals surface area contributed by atoms with Crippen molar-refractivity contribution in [1.82, 2.24) is 5.06 Å². The van der Waals surface area contributed by atoms with Crippen LogP contribution < -0.4 is 9.47 Å². The highest BCUT2D eigenvalue weighted by Crippen LogP contribution is 2.31. The Morgan fingerprint density at radius 1 is 1.04 bits per heavy atom. The van der Waals surface area contributed by atoms with Gasteiger partial charge in [0.2, 0.25) is 0 Å². The Morgan fingerprint density at radius 2 is 1.69 bits per heavy atom. The Bertz CT molecular complexity index is 883. The molecule has 0 saturated heterocycles. The van der Waals surface area contributed by atoms with Crippen molar-refractivity contribution in [2.24, 2.45) is 0 Å². The predicted octanol–water partition coefficient (Wildman–Crippen LogP) is 2.60. The summed E-state index contributed by atoms with van der Waals surface area (Å²) in [5.41, 5.74) is 0.489. The van der Waals surface area contributed by atoms with Gasteiger partial charge < -0.3 is 14.3 Å². The summed E-state index contributed by atoms with van der Waals surface area (Å²) in [7, 11) is 1.41. The van der Waals surface area contributed by atoms with Crippen molar-refractivity contribution in [1.29, 1.82) is 0 Å². The van der Waals surface area contributed by atoms with Crippen molar-refractivity contribution in [3.63, 3.8) is 0 Å². The molecule has 0 atom stereocenters. The Labute approximate surface area is 149 Å². The third kappa shape index (κ3) is 2.77. The highest BCUT2D eigenvalue weighted by Gasteiger charge is 2.39. The number of carbonyl (C=O) groups excluding carboxylic acids is 3. The zero-order valence-corrected chi connectivity index (χ0v) is 13.9. The van der Waals surface area contributed by atoms with E-state index in [2.05, 4.69) is 0 Å². The van der Waals surface area contributed by atoms with Crippen LogP contribution in [-0.4, -0.2) is 36.1 Å². The number of methoxy groups -OCH3 is 1. The first kappa shape index (κ1) is 16.1. The van der Waals surface area contributed by atoms with Gasteiger partial charge in [0.15, 0.2) is 0 Å². The summed E-state index contributed by atoms with van der Waals surface area (Å²) < 4.78 is 10.9. The molecule has 0 aromatic heterocycles. The second kappa shape index (κ2) is 6.18. The Hall–Kier alpha value is -3.35. The third-order valence-corrected chi connectivity index (χ3v) is 4.15. The quantitative estimate of drug-likeness (QED) is 0.769. The van der Waals surface area contributed by atoms with Crippen LogP contribution >= 0.6 is 0 Å². The van der Waals surface area contributed by atoms with Crippen LogP contribution in [0.1, 0.15) is 43.9 Å². The van der Waals surface area contributed by atoms with Gasteiger partial charge in [-0.3, -0.25) is 9.59 Å². The average molecular weight is 353 g/mol. The van der Waals surface area contributed by atoms with E-state index in [1.165, 1.54) is 25.3 Å². The fourth-order valence-electron chi connectivity index (χ4n) is 2.67. The molecular formula is C19H15NO6. The molecule has 0 unspecified atom stereocenters. The molecule has 2 aromatic carbocycles. The Morgan fingerprint density at radius 3 is 2.27 bits per heavy atom. The first-order valence-electron chi connectivity index (χ1n) is 8.13. The minimum atomic E-state index is -0.866. The lowest BCUT2D eigenvalue weighted by atomic mass is 10.1. The van der Waals surface area contributed by atoms with E-state index < -0.39 is 17.8 Å². The van der Waals surface area contributed by atoms with Crippen molar-refractivity contribution < 1.29 is 28.7 Å². The molecule has 1 saturated carbocycles. The largest absolute Gasteiger partial charge is 0.496 e. The van der Waals surface area contributed by atoms with E-state index in [4.69, 9.17) is 14.3 Å². The van der Waals surface area contributed by atoms with Crippen LogP contribution in [0.25, 0.3) is 0 Å². The summed E-state index contributed by atoms with van der Waals surface area (Å²) in [4.78, 5) is 42.1. The number of rotatable bonds is 5. The number of hydrogen-bond acceptors (Lipinski definition) is 6. The molecule has 7 nitrogen and oxygen atoms in total. The van der Waals surface area contributed by atoms with Gasteiger partial charge in [-0.15, -0.1) is 0 Å². The van der Waals surface area contributed by atoms with E-state index in [-0.39, 0.29) is 28.5 Å². The summed E-state index contributed by atoms with van der Waals surface area (Å²) in [6, 6.07) is 11.0. The highest BCUT2D eigenvalue weighted by molar-refractivity contribution is 6.21. The Kier molecular flexibility index (Phi) is 3.84. The van der Waals surface area contributed by atoms with Crippen molar-refractivity contribution in [3.05, 3.63) is 59.2 Å². The van der Waals surface area contributed by atoms with Gasteiger partial charge >= 0.3 is 5.97 Å². The molecule has 2 aliphatic rings. The molecule has 2 amide bonds. The zero-order chi connectivity index (χ0) is 18.3. The van der Waals surface area contributed by atoms with Crippen LogP contribution in [0.15, 0.2) is 42.5 Å². The van der Waals surface area contributed by atoms with Gasteiger partial charge in [-0.05, 0) is 37.1 Å². The van der Waals surface area contributed by atoms with E-state index in [1.54, 1.807) is 24.3 Å². The first-order chi connectivity index (χ1) is 12.6. The van der Waals surface area contributed by atoms with Crippen molar-refractivity contribution >= 4 is 17.8 Å². The van der Waals surface area contributed by atoms with Gasteiger partial charge in [-0.1, -0.05) is 17.2 Å². The molecule has 0 bridgehead atoms. The zero-order valence-electron chi connectivity index (χ0n) is 13.9. The number of ether oxygens (including phenoxy) is 2. The van der Waals surface area contributed by atoms with Crippen LogP contribution in [0.3, 0.4) is 0 Å². The predicted molar refractivity (Wildman–Crippen MR) is 89.0 cm³/mol. The number of hydroxylamine groups is 2. The summed E-state index contributed by atoms with van der Waals surface area (Å²) >= 11 is 0. The van der Waals surface area contributed by atoms with E-state index in [1.807, 2.05) is 0 Å². The molecule has 1 heterocycles. The van der Waals surface area contributed by atoms with Gasteiger partial charge in [0.1, 0.15) is 17.1 Å². The average Bonchev–Trinajstić information content (AvgIpc) is 3.44. The van der Waals surface area contributed by atoms with E-state index in [9.17, 15) is 14.4 Å². The van der Waals surface area contributed by atoms with Crippen LogP contribution in [0, 0.1) is 0 Å². The number of carbonyl (C=O) groups is 3. The van der Waals surface area contributed by atoms with Gasteiger partial charge in [0.05, 0.1) is 24.3 Å². The summed E-state index contributed by atoms with van der Waals surface area (Å²) in [6.45, 7) is 0. The highest BCUT2D eigenvalue weighted by atomic mass is 16.7. The first-order valence-corrected chi connectivity index (χ1v) is 8.13. The minimum absolute atomic E-state index is 0.0900. The minimum Gasteiger partial charge on any atom is -0.496 e. The van der Waals surface area contributed by atoms with Crippen LogP contribution in [-0.2, 0) is 4.84 Å². The van der Waals surface area contributed by atoms with E-state index in [0.717, 1.165) is 12.8 Å². The molecule has 132 valence electrons. The number of nitrogens with zero attached hydrogens (tertiary/aromatic N) is 1. The second-order valence-electron chi connectivity index (χ2n) is 6.01. The smallest absolute Gasteiger partial charge is 0.367 e. The lowest BCUT2D eigenvalue weighted by molar-refractivity contribution is -0.0586. The monoisotopic (exact) mass is 353 g/mol. The normalized spacial score (nSPS) is 15.7. The topological polar surface area (TPSA) is 82.1 Å². The summed E-state index contributed by atoms with van der Waals surface area (Å²) in [5, 5.41) is 0.473. The van der Waals surface area contributed by atoms with Gasteiger partial charge in [-0.2, -0.15) is 0 Å². The molecule has 26 heavy (non-hydrogen) atoms. The Balaban J connectivity index is 1.55. The molecule has 1 aliphatic heterocycles. The van der Waals surface area contributed by atoms with Gasteiger partial charge in [0.25, 0.3) is 11.8 Å². The van der Waals surface area contributed by atoms with Crippen LogP contribution in [0.5, 0.6) is 11.5 Å². The molecule has 0 spiro atoms. The summed E-state index contributed by atoms with van der Waals surface area (Å²) in [5.74, 6) is -1.39. The van der Waals surface area contributed by atoms with Crippen molar-refractivity contribution in [3.8, 4) is 11.5 Å². The number of hydrogen-bond donors (Lipinski definition) is 0.